The van der Waals surface area contributed by atoms with E-state index in [0.717, 1.165) is 5.75 Å². The van der Waals surface area contributed by atoms with E-state index in [0.29, 0.717) is 17.2 Å². The van der Waals surface area contributed by atoms with Gasteiger partial charge in [0.2, 0.25) is 5.95 Å². The van der Waals surface area contributed by atoms with Crippen LogP contribution in [0.3, 0.4) is 0 Å². The normalized spacial score (nSPS) is 10.7. The molecule has 1 amide bonds. The summed E-state index contributed by atoms with van der Waals surface area (Å²) in [6, 6.07) is 7.47. The summed E-state index contributed by atoms with van der Waals surface area (Å²) in [4.78, 5) is 20.4. The van der Waals surface area contributed by atoms with Crippen molar-refractivity contribution < 1.29 is 9.53 Å². The quantitative estimate of drug-likeness (QED) is 0.855. The zero-order chi connectivity index (χ0) is 16.8. The first-order valence-electron chi connectivity index (χ1n) is 7.60. The van der Waals surface area contributed by atoms with Crippen LogP contribution in [0, 0.1) is 0 Å². The number of rotatable bonds is 6. The molecule has 0 aliphatic rings. The van der Waals surface area contributed by atoms with Gasteiger partial charge in [0.15, 0.2) is 0 Å². The van der Waals surface area contributed by atoms with Crippen molar-refractivity contribution in [1.29, 1.82) is 0 Å². The van der Waals surface area contributed by atoms with Crippen LogP contribution in [0.1, 0.15) is 38.1 Å². The maximum Gasteiger partial charge on any atom is 0.258 e. The van der Waals surface area contributed by atoms with Gasteiger partial charge in [-0.05, 0) is 52.0 Å². The Hall–Kier alpha value is -2.63. The molecule has 1 aromatic heterocycles. The highest BCUT2D eigenvalue weighted by Crippen LogP contribution is 2.17. The average molecular weight is 314 g/mol. The predicted octanol–water partition coefficient (Wildman–Crippen LogP) is 3.34. The van der Waals surface area contributed by atoms with Crippen LogP contribution in [0.25, 0.3) is 0 Å². The molecule has 122 valence electrons. The molecule has 6 nitrogen and oxygen atoms in total. The minimum absolute atomic E-state index is 0.116. The minimum atomic E-state index is -0.251. The molecule has 1 heterocycles. The SMILES string of the molecule is CC(C)Nc1ncc(C(=O)Nc2ccc(OC(C)C)cc2)cn1. The Kier molecular flexibility index (Phi) is 5.51. The molecule has 0 spiro atoms. The van der Waals surface area contributed by atoms with Gasteiger partial charge in [-0.25, -0.2) is 9.97 Å². The fraction of sp³-hybridized carbons (Fsp3) is 0.353. The summed E-state index contributed by atoms with van der Waals surface area (Å²) in [5.41, 5.74) is 1.09. The van der Waals surface area contributed by atoms with Crippen LogP contribution in [-0.4, -0.2) is 28.0 Å². The number of anilines is 2. The number of carbonyl (C=O) groups is 1. The molecule has 6 heteroatoms. The fourth-order valence-corrected chi connectivity index (χ4v) is 1.87. The highest BCUT2D eigenvalue weighted by Gasteiger charge is 2.08. The smallest absolute Gasteiger partial charge is 0.258 e. The van der Waals surface area contributed by atoms with Crippen molar-refractivity contribution in [3.05, 3.63) is 42.2 Å². The molecular weight excluding hydrogens is 292 g/mol. The third-order valence-electron chi connectivity index (χ3n) is 2.82. The third-order valence-corrected chi connectivity index (χ3v) is 2.82. The van der Waals surface area contributed by atoms with E-state index in [2.05, 4.69) is 20.6 Å². The number of nitrogens with one attached hydrogen (secondary N) is 2. The standard InChI is InChI=1S/C17H22N4O2/c1-11(2)20-17-18-9-13(10-19-17)16(22)21-14-5-7-15(8-6-14)23-12(3)4/h5-12H,1-4H3,(H,21,22)(H,18,19,20). The number of aromatic nitrogens is 2. The molecule has 23 heavy (non-hydrogen) atoms. The molecular formula is C17H22N4O2. The molecule has 0 unspecified atom stereocenters. The highest BCUT2D eigenvalue weighted by atomic mass is 16.5. The van der Waals surface area contributed by atoms with Crippen molar-refractivity contribution in [2.75, 3.05) is 10.6 Å². The van der Waals surface area contributed by atoms with Crippen LogP contribution in [0.2, 0.25) is 0 Å². The van der Waals surface area contributed by atoms with Crippen LogP contribution in [0.15, 0.2) is 36.7 Å². The van der Waals surface area contributed by atoms with Gasteiger partial charge in [-0.2, -0.15) is 0 Å². The third kappa shape index (κ3) is 5.25. The lowest BCUT2D eigenvalue weighted by Crippen LogP contribution is -2.15. The fourth-order valence-electron chi connectivity index (χ4n) is 1.87. The molecule has 2 rings (SSSR count). The van der Waals surface area contributed by atoms with E-state index in [-0.39, 0.29) is 18.1 Å². The van der Waals surface area contributed by atoms with E-state index in [4.69, 9.17) is 4.74 Å². The second-order valence-corrected chi connectivity index (χ2v) is 5.74. The Balaban J connectivity index is 1.98. The highest BCUT2D eigenvalue weighted by molar-refractivity contribution is 6.03. The summed E-state index contributed by atoms with van der Waals surface area (Å²) in [6.07, 6.45) is 3.12. The van der Waals surface area contributed by atoms with Crippen molar-refractivity contribution in [3.8, 4) is 5.75 Å². The minimum Gasteiger partial charge on any atom is -0.491 e. The number of amides is 1. The topological polar surface area (TPSA) is 76.1 Å². The molecule has 0 saturated heterocycles. The van der Waals surface area contributed by atoms with E-state index < -0.39 is 0 Å². The lowest BCUT2D eigenvalue weighted by Gasteiger charge is -2.11. The molecule has 2 N–H and O–H groups in total. The van der Waals surface area contributed by atoms with Gasteiger partial charge in [-0.15, -0.1) is 0 Å². The van der Waals surface area contributed by atoms with Crippen LogP contribution >= 0.6 is 0 Å². The van der Waals surface area contributed by atoms with Gasteiger partial charge >= 0.3 is 0 Å². The predicted molar refractivity (Wildman–Crippen MR) is 90.9 cm³/mol. The Bertz CT molecular complexity index is 637. The second kappa shape index (κ2) is 7.58. The summed E-state index contributed by atoms with van der Waals surface area (Å²) >= 11 is 0. The largest absolute Gasteiger partial charge is 0.491 e. The Morgan fingerprint density at radius 3 is 2.17 bits per heavy atom. The lowest BCUT2D eigenvalue weighted by molar-refractivity contribution is 0.102. The van der Waals surface area contributed by atoms with Gasteiger partial charge in [0.05, 0.1) is 11.7 Å². The van der Waals surface area contributed by atoms with Crippen molar-refractivity contribution in [3.63, 3.8) is 0 Å². The van der Waals surface area contributed by atoms with Crippen LogP contribution in [0.5, 0.6) is 5.75 Å². The molecule has 1 aromatic carbocycles. The van der Waals surface area contributed by atoms with Crippen LogP contribution in [-0.2, 0) is 0 Å². The summed E-state index contributed by atoms with van der Waals surface area (Å²) in [6.45, 7) is 7.92. The molecule has 0 aliphatic carbocycles. The number of nitrogens with zero attached hydrogens (tertiary/aromatic N) is 2. The lowest BCUT2D eigenvalue weighted by atomic mass is 10.2. The number of hydrogen-bond donors (Lipinski definition) is 2. The van der Waals surface area contributed by atoms with E-state index in [1.807, 2.05) is 39.8 Å². The first-order valence-corrected chi connectivity index (χ1v) is 7.60. The monoisotopic (exact) mass is 314 g/mol. The number of benzene rings is 1. The number of carbonyl (C=O) groups excluding carboxylic acids is 1. The molecule has 0 fully saturated rings. The summed E-state index contributed by atoms with van der Waals surface area (Å²) < 4.78 is 5.56. The number of hydrogen-bond acceptors (Lipinski definition) is 5. The van der Waals surface area contributed by atoms with E-state index in [1.54, 1.807) is 12.1 Å². The van der Waals surface area contributed by atoms with Gasteiger partial charge in [0, 0.05) is 24.1 Å². The molecule has 2 aromatic rings. The van der Waals surface area contributed by atoms with E-state index in [1.165, 1.54) is 12.4 Å². The van der Waals surface area contributed by atoms with E-state index >= 15 is 0 Å². The molecule has 0 bridgehead atoms. The van der Waals surface area contributed by atoms with Crippen LogP contribution in [0.4, 0.5) is 11.6 Å². The van der Waals surface area contributed by atoms with Gasteiger partial charge in [-0.3, -0.25) is 4.79 Å². The average Bonchev–Trinajstić information content (AvgIpc) is 2.49. The van der Waals surface area contributed by atoms with Crippen molar-refractivity contribution in [2.45, 2.75) is 39.8 Å². The zero-order valence-electron chi connectivity index (χ0n) is 13.8. The zero-order valence-corrected chi connectivity index (χ0v) is 13.8. The first-order chi connectivity index (χ1) is 10.9. The summed E-state index contributed by atoms with van der Waals surface area (Å²) in [7, 11) is 0. The molecule has 0 radical (unpaired) electrons. The van der Waals surface area contributed by atoms with Crippen molar-refractivity contribution in [2.24, 2.45) is 0 Å². The van der Waals surface area contributed by atoms with Gasteiger partial charge in [0.1, 0.15) is 5.75 Å². The maximum absolute atomic E-state index is 12.2. The molecule has 0 atom stereocenters. The maximum atomic E-state index is 12.2. The Labute approximate surface area is 136 Å². The Morgan fingerprint density at radius 2 is 1.65 bits per heavy atom. The summed E-state index contributed by atoms with van der Waals surface area (Å²) in [5.74, 6) is 1.02. The second-order valence-electron chi connectivity index (χ2n) is 5.74. The van der Waals surface area contributed by atoms with Gasteiger partial charge < -0.3 is 15.4 Å². The first kappa shape index (κ1) is 16.7. The summed E-state index contributed by atoms with van der Waals surface area (Å²) in [5, 5.41) is 5.88. The van der Waals surface area contributed by atoms with Crippen LogP contribution < -0.4 is 15.4 Å². The van der Waals surface area contributed by atoms with Gasteiger partial charge in [-0.1, -0.05) is 0 Å². The van der Waals surface area contributed by atoms with Gasteiger partial charge in [0.25, 0.3) is 5.91 Å². The van der Waals surface area contributed by atoms with Crippen molar-refractivity contribution in [1.82, 2.24) is 9.97 Å². The Morgan fingerprint density at radius 1 is 1.04 bits per heavy atom. The molecule has 0 aliphatic heterocycles. The number of ether oxygens (including phenoxy) is 1. The van der Waals surface area contributed by atoms with Crippen molar-refractivity contribution >= 4 is 17.5 Å². The van der Waals surface area contributed by atoms with E-state index in [9.17, 15) is 4.79 Å². The molecule has 0 saturated carbocycles.